The number of halogens is 2. The second-order valence-electron chi connectivity index (χ2n) is 8.85. The third-order valence-corrected chi connectivity index (χ3v) is 7.59. The van der Waals surface area contributed by atoms with Crippen LogP contribution >= 0.6 is 23.2 Å². The highest BCUT2D eigenvalue weighted by Gasteiger charge is 2.57. The van der Waals surface area contributed by atoms with Crippen molar-refractivity contribution < 1.29 is 18.5 Å². The fourth-order valence-corrected chi connectivity index (χ4v) is 5.54. The lowest BCUT2D eigenvalue weighted by Crippen LogP contribution is -2.45. The lowest BCUT2D eigenvalue weighted by molar-refractivity contribution is -0.139. The van der Waals surface area contributed by atoms with Gasteiger partial charge in [0.1, 0.15) is 10.9 Å². The molecule has 164 valence electrons. The number of benzene rings is 1. The maximum atomic E-state index is 13.4. The van der Waals surface area contributed by atoms with Crippen molar-refractivity contribution in [3.05, 3.63) is 30.0 Å². The van der Waals surface area contributed by atoms with Gasteiger partial charge in [0.25, 0.3) is 5.91 Å². The van der Waals surface area contributed by atoms with Gasteiger partial charge < -0.3 is 10.6 Å². The Morgan fingerprint density at radius 3 is 2.74 bits per heavy atom. The fourth-order valence-electron chi connectivity index (χ4n) is 4.91. The third kappa shape index (κ3) is 3.61. The number of nitrogens with zero attached hydrogens (tertiary/aromatic N) is 3. The second kappa shape index (κ2) is 7.20. The predicted octanol–water partition coefficient (Wildman–Crippen LogP) is 2.91. The number of primary amides is 1. The molecule has 0 bridgehead atoms. The number of hydrogen-bond donors (Lipinski definition) is 1. The molecule has 2 saturated carbocycles. The monoisotopic (exact) mass is 465 g/mol. The summed E-state index contributed by atoms with van der Waals surface area (Å²) in [6.07, 6.45) is 1.47. The van der Waals surface area contributed by atoms with E-state index >= 15 is 0 Å². The van der Waals surface area contributed by atoms with Gasteiger partial charge in [0.05, 0.1) is 11.6 Å². The van der Waals surface area contributed by atoms with Crippen LogP contribution in [-0.2, 0) is 16.1 Å². The molecule has 2 aliphatic carbocycles. The van der Waals surface area contributed by atoms with Crippen molar-refractivity contribution in [3.63, 3.8) is 0 Å². The average Bonchev–Trinajstić information content (AvgIpc) is 3.54. The molecule has 5 rings (SSSR count). The van der Waals surface area contributed by atoms with Crippen LogP contribution in [0.2, 0.25) is 0 Å². The molecule has 3 fully saturated rings. The van der Waals surface area contributed by atoms with Gasteiger partial charge in [-0.15, -0.1) is 23.2 Å². The van der Waals surface area contributed by atoms with Crippen LogP contribution in [0.4, 0.5) is 0 Å². The van der Waals surface area contributed by atoms with E-state index in [1.807, 2.05) is 0 Å². The zero-order valence-corrected chi connectivity index (χ0v) is 18.1. The van der Waals surface area contributed by atoms with Gasteiger partial charge in [-0.3, -0.25) is 19.1 Å². The minimum atomic E-state index is -2.37. The van der Waals surface area contributed by atoms with Crippen LogP contribution in [0.1, 0.15) is 47.1 Å². The summed E-state index contributed by atoms with van der Waals surface area (Å²) >= 11 is 12.2. The first kappa shape index (κ1) is 17.4. The molecule has 2 amide bonds. The van der Waals surface area contributed by atoms with E-state index in [0.29, 0.717) is 23.7 Å². The minimum absolute atomic E-state index is 0.0360. The van der Waals surface area contributed by atoms with Crippen LogP contribution in [0, 0.1) is 17.8 Å². The Morgan fingerprint density at radius 2 is 2.06 bits per heavy atom. The molecular formula is C22H24Cl2N4O3. The summed E-state index contributed by atoms with van der Waals surface area (Å²) in [7, 11) is 0. The SMILES string of the molecule is [2H]C([2H])([2H])[C@@H](CC(=O)[C@@H]1C[C@H]2C[C@H]2N1C(=O)Cn1nc(C(N)=O)c2ccccc21)[C@H]1CC1(Cl)Cl. The topological polar surface area (TPSA) is 98.3 Å². The van der Waals surface area contributed by atoms with Gasteiger partial charge in [0, 0.05) is 22.0 Å². The normalized spacial score (nSPS) is 30.8. The number of carbonyl (C=O) groups excluding carboxylic acids is 3. The molecule has 1 aliphatic heterocycles. The number of rotatable bonds is 7. The van der Waals surface area contributed by atoms with Crippen molar-refractivity contribution in [3.8, 4) is 0 Å². The summed E-state index contributed by atoms with van der Waals surface area (Å²) in [5.41, 5.74) is 6.12. The van der Waals surface area contributed by atoms with E-state index in [-0.39, 0.29) is 42.3 Å². The Hall–Kier alpha value is -2.12. The van der Waals surface area contributed by atoms with E-state index in [1.54, 1.807) is 29.2 Å². The summed E-state index contributed by atoms with van der Waals surface area (Å²) in [6, 6.07) is 6.27. The van der Waals surface area contributed by atoms with Gasteiger partial charge in [0.15, 0.2) is 11.5 Å². The number of ketones is 1. The minimum Gasteiger partial charge on any atom is -0.364 e. The number of nitrogens with two attached hydrogens (primary N) is 1. The standard InChI is InChI=1S/C22H24Cl2N4O3/c1-11(14-9-22(14,23)24)6-18(29)17-8-12-7-16(12)28(17)19(30)10-27-15-5-3-2-4-13(15)20(26-27)21(25)31/h2-5,11-12,14,16-17H,6-10H2,1H3,(H2,25,31)/t11-,12+,14+,16+,17-/m0/s1/i1D3. The third-order valence-electron chi connectivity index (χ3n) is 6.72. The predicted molar refractivity (Wildman–Crippen MR) is 117 cm³/mol. The van der Waals surface area contributed by atoms with Gasteiger partial charge in [-0.05, 0) is 43.1 Å². The first-order valence-corrected chi connectivity index (χ1v) is 11.1. The maximum Gasteiger partial charge on any atom is 0.269 e. The quantitative estimate of drug-likeness (QED) is 0.635. The molecule has 2 aromatic rings. The average molecular weight is 466 g/mol. The molecule has 0 spiro atoms. The number of hydrogen-bond acceptors (Lipinski definition) is 4. The number of Topliss-reactive ketones (excluding diaryl/α,β-unsaturated/α-hetero) is 1. The van der Waals surface area contributed by atoms with Crippen LogP contribution in [-0.4, -0.2) is 48.7 Å². The Morgan fingerprint density at radius 1 is 1.32 bits per heavy atom. The molecule has 0 radical (unpaired) electrons. The molecule has 2 N–H and O–H groups in total. The highest BCUT2D eigenvalue weighted by Crippen LogP contribution is 2.58. The molecular weight excluding hydrogens is 439 g/mol. The summed E-state index contributed by atoms with van der Waals surface area (Å²) in [5.74, 6) is -2.45. The summed E-state index contributed by atoms with van der Waals surface area (Å²) < 4.78 is 23.9. The van der Waals surface area contributed by atoms with Crippen molar-refractivity contribution in [2.24, 2.45) is 23.5 Å². The van der Waals surface area contributed by atoms with Crippen molar-refractivity contribution in [2.75, 3.05) is 0 Å². The molecule has 7 nitrogen and oxygen atoms in total. The molecule has 5 atom stereocenters. The van der Waals surface area contributed by atoms with Crippen LogP contribution in [0.15, 0.2) is 24.3 Å². The second-order valence-corrected chi connectivity index (χ2v) is 10.4. The zero-order valence-electron chi connectivity index (χ0n) is 19.6. The van der Waals surface area contributed by atoms with Crippen molar-refractivity contribution in [2.45, 2.75) is 55.5 Å². The Balaban J connectivity index is 1.36. The number of amides is 2. The number of fused-ring (bicyclic) bond motifs is 2. The van der Waals surface area contributed by atoms with Crippen LogP contribution in [0.3, 0.4) is 0 Å². The van der Waals surface area contributed by atoms with Gasteiger partial charge in [0.2, 0.25) is 5.91 Å². The molecule has 1 saturated heterocycles. The van der Waals surface area contributed by atoms with E-state index in [2.05, 4.69) is 5.10 Å². The van der Waals surface area contributed by atoms with E-state index in [1.165, 1.54) is 4.68 Å². The number of likely N-dealkylation sites (tertiary alicyclic amines) is 1. The molecule has 1 aromatic heterocycles. The van der Waals surface area contributed by atoms with Crippen LogP contribution in [0.25, 0.3) is 10.9 Å². The van der Waals surface area contributed by atoms with E-state index < -0.39 is 35.0 Å². The van der Waals surface area contributed by atoms with Gasteiger partial charge in [-0.25, -0.2) is 0 Å². The maximum absolute atomic E-state index is 13.4. The first-order chi connectivity index (χ1) is 15.9. The Labute approximate surface area is 194 Å². The number of aromatic nitrogens is 2. The van der Waals surface area contributed by atoms with Crippen molar-refractivity contribution in [1.82, 2.24) is 14.7 Å². The van der Waals surface area contributed by atoms with E-state index in [0.717, 1.165) is 6.42 Å². The molecule has 31 heavy (non-hydrogen) atoms. The summed E-state index contributed by atoms with van der Waals surface area (Å²) in [5, 5.41) is 4.80. The largest absolute Gasteiger partial charge is 0.364 e. The number of alkyl halides is 2. The lowest BCUT2D eigenvalue weighted by atomic mass is 9.94. The molecule has 9 heteroatoms. The van der Waals surface area contributed by atoms with Gasteiger partial charge in [-0.1, -0.05) is 25.1 Å². The van der Waals surface area contributed by atoms with E-state index in [4.69, 9.17) is 33.0 Å². The summed E-state index contributed by atoms with van der Waals surface area (Å²) in [6.45, 7) is -2.53. The van der Waals surface area contributed by atoms with Crippen LogP contribution < -0.4 is 5.73 Å². The fraction of sp³-hybridized carbons (Fsp3) is 0.545. The molecule has 0 unspecified atom stereocenters. The number of carbonyl (C=O) groups is 3. The number of piperidine rings is 1. The Bertz CT molecular complexity index is 1200. The van der Waals surface area contributed by atoms with E-state index in [9.17, 15) is 14.4 Å². The molecule has 1 aromatic carbocycles. The zero-order chi connectivity index (χ0) is 24.6. The van der Waals surface area contributed by atoms with Crippen molar-refractivity contribution >= 4 is 51.7 Å². The highest BCUT2D eigenvalue weighted by atomic mass is 35.5. The first-order valence-electron chi connectivity index (χ1n) is 11.9. The van der Waals surface area contributed by atoms with Gasteiger partial charge >= 0.3 is 0 Å². The van der Waals surface area contributed by atoms with Gasteiger partial charge in [-0.2, -0.15) is 5.10 Å². The number of para-hydroxylation sites is 1. The molecule has 3 aliphatic rings. The highest BCUT2D eigenvalue weighted by molar-refractivity contribution is 6.50. The summed E-state index contributed by atoms with van der Waals surface area (Å²) in [4.78, 5) is 40.0. The van der Waals surface area contributed by atoms with Crippen LogP contribution in [0.5, 0.6) is 0 Å². The Kier molecular flexibility index (Phi) is 4.05. The van der Waals surface area contributed by atoms with Crippen molar-refractivity contribution in [1.29, 1.82) is 0 Å². The molecule has 2 heterocycles. The lowest BCUT2D eigenvalue weighted by Gasteiger charge is -2.27. The smallest absolute Gasteiger partial charge is 0.269 e.